The summed E-state index contributed by atoms with van der Waals surface area (Å²) in [5.74, 6) is 2.09. The first-order valence-electron chi connectivity index (χ1n) is 8.99. The Morgan fingerprint density at radius 3 is 2.66 bits per heavy atom. The third-order valence-corrected chi connectivity index (χ3v) is 4.26. The van der Waals surface area contributed by atoms with Crippen molar-refractivity contribution in [1.29, 1.82) is 0 Å². The molecular formula is C21H21ClN4O3. The van der Waals surface area contributed by atoms with Gasteiger partial charge in [0.05, 0.1) is 18.7 Å². The molecule has 0 aliphatic rings. The van der Waals surface area contributed by atoms with E-state index in [1.807, 2.05) is 26.0 Å². The minimum absolute atomic E-state index is 0.268. The normalized spacial score (nSPS) is 10.9. The standard InChI is InChI=1S/C21H21ClN4O3/c1-4-29-20-17(22)11-14(12-18(20)28-3)5-10-19(27)24-16-8-6-15(7-9-16)21-23-13(2)25-26-21/h5-12H,4H2,1-3H3,(H,24,27)(H,23,25,26)/b10-5+. The van der Waals surface area contributed by atoms with E-state index in [9.17, 15) is 4.79 Å². The fourth-order valence-corrected chi connectivity index (χ4v) is 2.92. The summed E-state index contributed by atoms with van der Waals surface area (Å²) in [6.45, 7) is 4.18. The zero-order valence-corrected chi connectivity index (χ0v) is 17.1. The molecule has 0 aliphatic carbocycles. The van der Waals surface area contributed by atoms with Crippen molar-refractivity contribution in [3.8, 4) is 22.9 Å². The third-order valence-electron chi connectivity index (χ3n) is 3.98. The van der Waals surface area contributed by atoms with E-state index in [0.29, 0.717) is 34.6 Å². The van der Waals surface area contributed by atoms with Crippen molar-refractivity contribution in [2.75, 3.05) is 19.0 Å². The highest BCUT2D eigenvalue weighted by Crippen LogP contribution is 2.36. The Hall–Kier alpha value is -3.32. The summed E-state index contributed by atoms with van der Waals surface area (Å²) >= 11 is 6.25. The molecule has 29 heavy (non-hydrogen) atoms. The zero-order valence-electron chi connectivity index (χ0n) is 16.3. The van der Waals surface area contributed by atoms with Gasteiger partial charge >= 0.3 is 0 Å². The number of anilines is 1. The van der Waals surface area contributed by atoms with E-state index < -0.39 is 0 Å². The number of aromatic amines is 1. The van der Waals surface area contributed by atoms with E-state index in [0.717, 1.165) is 17.0 Å². The molecule has 3 aromatic rings. The van der Waals surface area contributed by atoms with Gasteiger partial charge in [-0.25, -0.2) is 4.98 Å². The van der Waals surface area contributed by atoms with Crippen LogP contribution >= 0.6 is 11.6 Å². The highest BCUT2D eigenvalue weighted by Gasteiger charge is 2.11. The van der Waals surface area contributed by atoms with E-state index in [4.69, 9.17) is 21.1 Å². The van der Waals surface area contributed by atoms with Crippen LogP contribution in [0.15, 0.2) is 42.5 Å². The maximum Gasteiger partial charge on any atom is 0.248 e. The number of carbonyl (C=O) groups excluding carboxylic acids is 1. The summed E-state index contributed by atoms with van der Waals surface area (Å²) in [5, 5.41) is 10.1. The quantitative estimate of drug-likeness (QED) is 0.558. The van der Waals surface area contributed by atoms with Crippen LogP contribution in [0.4, 0.5) is 5.69 Å². The molecule has 8 heteroatoms. The average molecular weight is 413 g/mol. The fraction of sp³-hybridized carbons (Fsp3) is 0.190. The monoisotopic (exact) mass is 412 g/mol. The number of H-pyrrole nitrogens is 1. The Kier molecular flexibility index (Phi) is 6.51. The number of nitrogens with zero attached hydrogens (tertiary/aromatic N) is 2. The molecule has 0 atom stereocenters. The minimum Gasteiger partial charge on any atom is -0.493 e. The number of hydrogen-bond donors (Lipinski definition) is 2. The highest BCUT2D eigenvalue weighted by atomic mass is 35.5. The van der Waals surface area contributed by atoms with Gasteiger partial charge in [-0.2, -0.15) is 5.10 Å². The summed E-state index contributed by atoms with van der Waals surface area (Å²) in [5.41, 5.74) is 2.25. The lowest BCUT2D eigenvalue weighted by atomic mass is 10.1. The minimum atomic E-state index is -0.268. The molecule has 2 N–H and O–H groups in total. The molecule has 2 aromatic carbocycles. The van der Waals surface area contributed by atoms with Crippen molar-refractivity contribution in [1.82, 2.24) is 15.2 Å². The first-order valence-corrected chi connectivity index (χ1v) is 9.36. The Morgan fingerprint density at radius 2 is 2.03 bits per heavy atom. The first kappa shape index (κ1) is 20.4. The van der Waals surface area contributed by atoms with Gasteiger partial charge in [0.1, 0.15) is 5.82 Å². The van der Waals surface area contributed by atoms with Crippen molar-refractivity contribution in [3.63, 3.8) is 0 Å². The summed E-state index contributed by atoms with van der Waals surface area (Å²) < 4.78 is 10.8. The Morgan fingerprint density at radius 1 is 1.28 bits per heavy atom. The van der Waals surface area contributed by atoms with Crippen molar-refractivity contribution in [2.24, 2.45) is 0 Å². The van der Waals surface area contributed by atoms with Crippen LogP contribution in [0.2, 0.25) is 5.02 Å². The molecule has 0 aliphatic heterocycles. The lowest BCUT2D eigenvalue weighted by molar-refractivity contribution is -0.111. The predicted octanol–water partition coefficient (Wildman–Crippen LogP) is 4.49. The van der Waals surface area contributed by atoms with Gasteiger partial charge in [-0.1, -0.05) is 11.6 Å². The van der Waals surface area contributed by atoms with Crippen LogP contribution in [0.3, 0.4) is 0 Å². The third kappa shape index (κ3) is 5.14. The topological polar surface area (TPSA) is 89.1 Å². The van der Waals surface area contributed by atoms with Gasteiger partial charge in [-0.05, 0) is 61.9 Å². The second-order valence-electron chi connectivity index (χ2n) is 6.11. The van der Waals surface area contributed by atoms with Crippen LogP contribution < -0.4 is 14.8 Å². The lowest BCUT2D eigenvalue weighted by Crippen LogP contribution is -2.07. The van der Waals surface area contributed by atoms with Crippen molar-refractivity contribution < 1.29 is 14.3 Å². The number of aromatic nitrogens is 3. The van der Waals surface area contributed by atoms with Crippen LogP contribution in [0.25, 0.3) is 17.5 Å². The first-order chi connectivity index (χ1) is 14.0. The Labute approximate surface area is 173 Å². The largest absolute Gasteiger partial charge is 0.493 e. The molecule has 150 valence electrons. The van der Waals surface area contributed by atoms with Crippen LogP contribution in [-0.2, 0) is 4.79 Å². The number of hydrogen-bond acceptors (Lipinski definition) is 5. The van der Waals surface area contributed by atoms with E-state index in [-0.39, 0.29) is 5.91 Å². The maximum atomic E-state index is 12.2. The van der Waals surface area contributed by atoms with Gasteiger partial charge in [0, 0.05) is 17.3 Å². The van der Waals surface area contributed by atoms with Crippen molar-refractivity contribution >= 4 is 29.3 Å². The number of benzene rings is 2. The Balaban J connectivity index is 1.67. The molecule has 0 unspecified atom stereocenters. The second-order valence-corrected chi connectivity index (χ2v) is 6.52. The van der Waals surface area contributed by atoms with Gasteiger partial charge in [-0.15, -0.1) is 0 Å². The average Bonchev–Trinajstić information content (AvgIpc) is 3.15. The summed E-state index contributed by atoms with van der Waals surface area (Å²) in [6.07, 6.45) is 3.09. The molecular weight excluding hydrogens is 392 g/mol. The van der Waals surface area contributed by atoms with E-state index >= 15 is 0 Å². The molecule has 1 aromatic heterocycles. The SMILES string of the molecule is CCOc1c(Cl)cc(/C=C/C(=O)Nc2ccc(-c3n[nH]c(C)n3)cc2)cc1OC. The van der Waals surface area contributed by atoms with Gasteiger partial charge in [-0.3, -0.25) is 9.89 Å². The summed E-state index contributed by atoms with van der Waals surface area (Å²) in [6, 6.07) is 10.8. The smallest absolute Gasteiger partial charge is 0.248 e. The molecule has 0 saturated carbocycles. The number of amides is 1. The predicted molar refractivity (Wildman–Crippen MR) is 113 cm³/mol. The molecule has 0 radical (unpaired) electrons. The van der Waals surface area contributed by atoms with Gasteiger partial charge in [0.25, 0.3) is 0 Å². The summed E-state index contributed by atoms with van der Waals surface area (Å²) in [7, 11) is 1.54. The molecule has 7 nitrogen and oxygen atoms in total. The number of aryl methyl sites for hydroxylation is 1. The second kappa shape index (κ2) is 9.25. The van der Waals surface area contributed by atoms with Gasteiger partial charge in [0.2, 0.25) is 5.91 Å². The van der Waals surface area contributed by atoms with Crippen LogP contribution in [0, 0.1) is 6.92 Å². The fourth-order valence-electron chi connectivity index (χ4n) is 2.65. The van der Waals surface area contributed by atoms with Crippen LogP contribution in [0.1, 0.15) is 18.3 Å². The Bertz CT molecular complexity index is 1030. The number of halogens is 1. The summed E-state index contributed by atoms with van der Waals surface area (Å²) in [4.78, 5) is 16.5. The van der Waals surface area contributed by atoms with Crippen molar-refractivity contribution in [2.45, 2.75) is 13.8 Å². The zero-order chi connectivity index (χ0) is 20.8. The van der Waals surface area contributed by atoms with E-state index in [1.54, 1.807) is 30.3 Å². The lowest BCUT2D eigenvalue weighted by Gasteiger charge is -2.11. The number of carbonyl (C=O) groups is 1. The van der Waals surface area contributed by atoms with Crippen LogP contribution in [-0.4, -0.2) is 34.8 Å². The molecule has 0 bridgehead atoms. The number of nitrogens with one attached hydrogen (secondary N) is 2. The molecule has 1 heterocycles. The number of ether oxygens (including phenoxy) is 2. The van der Waals surface area contributed by atoms with E-state index in [1.165, 1.54) is 13.2 Å². The van der Waals surface area contributed by atoms with Gasteiger partial charge in [0.15, 0.2) is 17.3 Å². The molecule has 3 rings (SSSR count). The molecule has 1 amide bonds. The van der Waals surface area contributed by atoms with E-state index in [2.05, 4.69) is 20.5 Å². The highest BCUT2D eigenvalue weighted by molar-refractivity contribution is 6.32. The molecule has 0 spiro atoms. The molecule has 0 fully saturated rings. The van der Waals surface area contributed by atoms with Gasteiger partial charge < -0.3 is 14.8 Å². The van der Waals surface area contributed by atoms with Crippen LogP contribution in [0.5, 0.6) is 11.5 Å². The number of methoxy groups -OCH3 is 1. The maximum absolute atomic E-state index is 12.2. The van der Waals surface area contributed by atoms with Crippen molar-refractivity contribution in [3.05, 3.63) is 58.9 Å². The number of rotatable bonds is 7. The molecule has 0 saturated heterocycles.